The maximum atomic E-state index is 12.5. The zero-order valence-electron chi connectivity index (χ0n) is 17.5. The number of nitrogens with one attached hydrogen (secondary N) is 2. The summed E-state index contributed by atoms with van der Waals surface area (Å²) >= 11 is 12.9. The van der Waals surface area contributed by atoms with E-state index < -0.39 is 5.91 Å². The predicted octanol–water partition coefficient (Wildman–Crippen LogP) is 5.09. The van der Waals surface area contributed by atoms with E-state index in [2.05, 4.69) is 31.4 Å². The lowest BCUT2D eigenvalue weighted by molar-refractivity contribution is 0.0975. The first-order valence-corrected chi connectivity index (χ1v) is 11.4. The molecule has 1 aromatic heterocycles. The molecule has 30 heavy (non-hydrogen) atoms. The number of amides is 2. The number of hydrogen-bond donors (Lipinski definition) is 3. The summed E-state index contributed by atoms with van der Waals surface area (Å²) in [6, 6.07) is 5.06. The van der Waals surface area contributed by atoms with Crippen molar-refractivity contribution in [1.29, 1.82) is 0 Å². The van der Waals surface area contributed by atoms with Crippen LogP contribution in [0.25, 0.3) is 0 Å². The van der Waals surface area contributed by atoms with E-state index in [0.29, 0.717) is 27.1 Å². The van der Waals surface area contributed by atoms with Gasteiger partial charge in [-0.1, -0.05) is 38.4 Å². The first-order valence-electron chi connectivity index (χ1n) is 9.80. The van der Waals surface area contributed by atoms with Crippen LogP contribution in [0.3, 0.4) is 0 Å². The molecule has 0 aliphatic heterocycles. The summed E-state index contributed by atoms with van der Waals surface area (Å²) in [5.41, 5.74) is 8.67. The molecule has 1 atom stereocenters. The Morgan fingerprint density at radius 2 is 2.00 bits per heavy atom. The molecule has 5 nitrogen and oxygen atoms in total. The largest absolute Gasteiger partial charge is 0.365 e. The van der Waals surface area contributed by atoms with Gasteiger partial charge in [-0.15, -0.1) is 11.3 Å². The summed E-state index contributed by atoms with van der Waals surface area (Å²) in [6.07, 6.45) is 2.74. The molecule has 2 amide bonds. The van der Waals surface area contributed by atoms with Crippen LogP contribution in [0.2, 0.25) is 5.02 Å². The summed E-state index contributed by atoms with van der Waals surface area (Å²) in [4.78, 5) is 25.8. The van der Waals surface area contributed by atoms with Crippen LogP contribution in [-0.2, 0) is 12.8 Å². The van der Waals surface area contributed by atoms with Gasteiger partial charge in [-0.25, -0.2) is 0 Å². The van der Waals surface area contributed by atoms with Crippen molar-refractivity contribution in [1.82, 2.24) is 5.32 Å². The second-order valence-corrected chi connectivity index (χ2v) is 10.7. The molecule has 8 heteroatoms. The summed E-state index contributed by atoms with van der Waals surface area (Å²) in [5.74, 6) is -0.317. The second kappa shape index (κ2) is 8.65. The third-order valence-electron chi connectivity index (χ3n) is 5.62. The third kappa shape index (κ3) is 4.85. The number of nitrogens with two attached hydrogens (primary N) is 1. The summed E-state index contributed by atoms with van der Waals surface area (Å²) in [7, 11) is 0. The Morgan fingerprint density at radius 1 is 1.30 bits per heavy atom. The number of hydrogen-bond acceptors (Lipinski definition) is 4. The lowest BCUT2D eigenvalue weighted by Gasteiger charge is -2.33. The number of thiophene rings is 1. The zero-order valence-corrected chi connectivity index (χ0v) is 19.9. The van der Waals surface area contributed by atoms with E-state index >= 15 is 0 Å². The highest BCUT2D eigenvalue weighted by molar-refractivity contribution is 7.80. The number of anilines is 1. The average molecular weight is 464 g/mol. The molecule has 1 aliphatic carbocycles. The maximum absolute atomic E-state index is 12.5. The number of thiocarbonyl (C=S) groups is 1. The van der Waals surface area contributed by atoms with Gasteiger partial charge in [0.25, 0.3) is 11.8 Å². The van der Waals surface area contributed by atoms with Crippen molar-refractivity contribution in [2.45, 2.75) is 47.0 Å². The molecule has 1 heterocycles. The van der Waals surface area contributed by atoms with E-state index in [1.165, 1.54) is 11.3 Å². The number of primary amides is 1. The van der Waals surface area contributed by atoms with Crippen molar-refractivity contribution in [2.75, 3.05) is 5.32 Å². The van der Waals surface area contributed by atoms with Crippen molar-refractivity contribution < 1.29 is 9.59 Å². The molecule has 0 spiro atoms. The van der Waals surface area contributed by atoms with Crippen LogP contribution < -0.4 is 16.4 Å². The van der Waals surface area contributed by atoms with Crippen LogP contribution in [0.5, 0.6) is 0 Å². The van der Waals surface area contributed by atoms with Crippen molar-refractivity contribution in [3.05, 3.63) is 50.4 Å². The third-order valence-corrected chi connectivity index (χ3v) is 7.41. The van der Waals surface area contributed by atoms with E-state index in [4.69, 9.17) is 29.6 Å². The minimum atomic E-state index is -0.483. The SMILES string of the molecule is Cc1ccc(C(=O)NC(=S)Nc2sc3c(c2C(N)=O)CC[C@@H](C(C)(C)C)C3)cc1Cl. The maximum Gasteiger partial charge on any atom is 0.257 e. The predicted molar refractivity (Wildman–Crippen MR) is 128 cm³/mol. The lowest BCUT2D eigenvalue weighted by atomic mass is 9.72. The van der Waals surface area contributed by atoms with Gasteiger partial charge in [0, 0.05) is 15.5 Å². The number of aryl methyl sites for hydroxylation is 1. The Hall–Kier alpha value is -1.96. The molecule has 0 saturated heterocycles. The minimum Gasteiger partial charge on any atom is -0.365 e. The van der Waals surface area contributed by atoms with E-state index in [9.17, 15) is 9.59 Å². The number of carbonyl (C=O) groups is 2. The number of benzene rings is 1. The molecule has 4 N–H and O–H groups in total. The molecule has 2 aromatic rings. The number of carbonyl (C=O) groups excluding carboxylic acids is 2. The smallest absolute Gasteiger partial charge is 0.257 e. The molecule has 3 rings (SSSR count). The van der Waals surface area contributed by atoms with Crippen LogP contribution in [0, 0.1) is 18.3 Å². The number of rotatable bonds is 3. The van der Waals surface area contributed by atoms with E-state index in [1.807, 2.05) is 6.92 Å². The van der Waals surface area contributed by atoms with Crippen molar-refractivity contribution in [2.24, 2.45) is 17.1 Å². The quantitative estimate of drug-likeness (QED) is 0.553. The van der Waals surface area contributed by atoms with Crippen LogP contribution in [0.15, 0.2) is 18.2 Å². The highest BCUT2D eigenvalue weighted by atomic mass is 35.5. The van der Waals surface area contributed by atoms with Crippen LogP contribution in [0.1, 0.15) is 63.9 Å². The van der Waals surface area contributed by atoms with Gasteiger partial charge in [-0.2, -0.15) is 0 Å². The van der Waals surface area contributed by atoms with Crippen LogP contribution in [0.4, 0.5) is 5.00 Å². The molecule has 1 aliphatic rings. The van der Waals surface area contributed by atoms with Crippen molar-refractivity contribution >= 4 is 57.1 Å². The molecule has 0 radical (unpaired) electrons. The van der Waals surface area contributed by atoms with Crippen molar-refractivity contribution in [3.63, 3.8) is 0 Å². The fourth-order valence-corrected chi connectivity index (χ4v) is 5.49. The van der Waals surface area contributed by atoms with Gasteiger partial charge >= 0.3 is 0 Å². The summed E-state index contributed by atoms with van der Waals surface area (Å²) in [6.45, 7) is 8.59. The zero-order chi connectivity index (χ0) is 22.2. The molecule has 0 saturated carbocycles. The van der Waals surface area contributed by atoms with Crippen LogP contribution >= 0.6 is 35.2 Å². The Labute approximate surface area is 191 Å². The Balaban J connectivity index is 1.78. The topological polar surface area (TPSA) is 84.2 Å². The summed E-state index contributed by atoms with van der Waals surface area (Å²) < 4.78 is 0. The van der Waals surface area contributed by atoms with E-state index in [1.54, 1.807) is 18.2 Å². The highest BCUT2D eigenvalue weighted by Gasteiger charge is 2.33. The molecule has 0 fully saturated rings. The number of halogens is 1. The Kier molecular flexibility index (Phi) is 6.55. The van der Waals surface area contributed by atoms with Gasteiger partial charge in [0.15, 0.2) is 5.11 Å². The van der Waals surface area contributed by atoms with Gasteiger partial charge in [-0.05, 0) is 73.0 Å². The molecule has 0 unspecified atom stereocenters. The lowest BCUT2D eigenvalue weighted by Crippen LogP contribution is -2.34. The normalized spacial score (nSPS) is 16.0. The van der Waals surface area contributed by atoms with E-state index in [0.717, 1.165) is 35.3 Å². The van der Waals surface area contributed by atoms with Gasteiger partial charge in [-0.3, -0.25) is 14.9 Å². The molecule has 160 valence electrons. The molecule has 0 bridgehead atoms. The average Bonchev–Trinajstić information content (AvgIpc) is 2.99. The summed E-state index contributed by atoms with van der Waals surface area (Å²) in [5, 5.41) is 6.88. The second-order valence-electron chi connectivity index (χ2n) is 8.75. The van der Waals surface area contributed by atoms with Gasteiger partial charge < -0.3 is 11.1 Å². The Morgan fingerprint density at radius 3 is 2.60 bits per heavy atom. The van der Waals surface area contributed by atoms with Gasteiger partial charge in [0.1, 0.15) is 5.00 Å². The molecular weight excluding hydrogens is 438 g/mol. The first-order chi connectivity index (χ1) is 14.0. The Bertz CT molecular complexity index is 1020. The fraction of sp³-hybridized carbons (Fsp3) is 0.409. The fourth-order valence-electron chi connectivity index (χ4n) is 3.72. The first kappa shape index (κ1) is 22.7. The van der Waals surface area contributed by atoms with Crippen molar-refractivity contribution in [3.8, 4) is 0 Å². The van der Waals surface area contributed by atoms with Gasteiger partial charge in [0.05, 0.1) is 5.56 Å². The standard InChI is InChI=1S/C22H26ClN3O2S2/c1-11-5-6-12(9-15(11)23)19(28)25-21(29)26-20-17(18(24)27)14-8-7-13(22(2,3)4)10-16(14)30-20/h5-6,9,13H,7-8,10H2,1-4H3,(H2,24,27)(H2,25,26,28,29)/t13-/m1/s1. The van der Waals surface area contributed by atoms with Gasteiger partial charge in [0.2, 0.25) is 0 Å². The highest BCUT2D eigenvalue weighted by Crippen LogP contribution is 2.44. The van der Waals surface area contributed by atoms with E-state index in [-0.39, 0.29) is 16.4 Å². The number of fused-ring (bicyclic) bond motifs is 1. The molecule has 1 aromatic carbocycles. The monoisotopic (exact) mass is 463 g/mol. The van der Waals surface area contributed by atoms with Crippen LogP contribution in [-0.4, -0.2) is 16.9 Å². The minimum absolute atomic E-state index is 0.116. The molecular formula is C22H26ClN3O2S2.